The van der Waals surface area contributed by atoms with Crippen LogP contribution in [-0.4, -0.2) is 24.6 Å². The molecular weight excluding hydrogens is 260 g/mol. The lowest BCUT2D eigenvalue weighted by Gasteiger charge is -2.08. The molecule has 0 saturated heterocycles. The molecule has 1 aliphatic carbocycles. The Morgan fingerprint density at radius 2 is 2.21 bits per heavy atom. The third-order valence-corrected chi connectivity index (χ3v) is 4.80. The van der Waals surface area contributed by atoms with Crippen molar-refractivity contribution >= 4 is 22.4 Å². The first-order chi connectivity index (χ1) is 9.20. The second kappa shape index (κ2) is 6.89. The molecule has 1 aromatic rings. The van der Waals surface area contributed by atoms with Gasteiger partial charge in [-0.25, -0.2) is 9.78 Å². The molecule has 0 amide bonds. The maximum absolute atomic E-state index is 11.5. The number of nitrogens with zero attached hydrogens (tertiary/aromatic N) is 1. The first-order valence-corrected chi connectivity index (χ1v) is 7.82. The molecule has 106 valence electrons. The smallest absolute Gasteiger partial charge is 0.350 e. The van der Waals surface area contributed by atoms with Gasteiger partial charge in [0.25, 0.3) is 0 Å². The van der Waals surface area contributed by atoms with Crippen LogP contribution in [0, 0.1) is 12.8 Å². The standard InChI is InChI=1S/C14H22N2O2S/c1-10-12(13(17)18-2)19-14(16-10)15-9-5-8-11-6-3-4-7-11/h11H,3-9H2,1-2H3,(H,15,16). The van der Waals surface area contributed by atoms with Crippen molar-refractivity contribution in [2.75, 3.05) is 19.0 Å². The Bertz CT molecular complexity index is 425. The van der Waals surface area contributed by atoms with Crippen molar-refractivity contribution in [3.63, 3.8) is 0 Å². The molecular formula is C14H22N2O2S. The van der Waals surface area contributed by atoms with Crippen LogP contribution in [0.1, 0.15) is 53.9 Å². The van der Waals surface area contributed by atoms with E-state index >= 15 is 0 Å². The summed E-state index contributed by atoms with van der Waals surface area (Å²) in [5.41, 5.74) is 0.746. The molecule has 1 saturated carbocycles. The van der Waals surface area contributed by atoms with E-state index in [4.69, 9.17) is 4.74 Å². The normalized spacial score (nSPS) is 15.7. The number of esters is 1. The van der Waals surface area contributed by atoms with Crippen LogP contribution >= 0.6 is 11.3 Å². The molecule has 0 aromatic carbocycles. The van der Waals surface area contributed by atoms with Crippen molar-refractivity contribution < 1.29 is 9.53 Å². The lowest BCUT2D eigenvalue weighted by atomic mass is 10.0. The van der Waals surface area contributed by atoms with Crippen molar-refractivity contribution in [1.82, 2.24) is 4.98 Å². The molecule has 1 aliphatic rings. The Morgan fingerprint density at radius 1 is 1.47 bits per heavy atom. The van der Waals surface area contributed by atoms with Gasteiger partial charge in [0, 0.05) is 6.54 Å². The summed E-state index contributed by atoms with van der Waals surface area (Å²) in [5.74, 6) is 0.638. The zero-order valence-corrected chi connectivity index (χ0v) is 12.5. The van der Waals surface area contributed by atoms with Gasteiger partial charge < -0.3 is 10.1 Å². The van der Waals surface area contributed by atoms with Crippen LogP contribution in [0.2, 0.25) is 0 Å². The summed E-state index contributed by atoms with van der Waals surface area (Å²) in [6.45, 7) is 2.77. The summed E-state index contributed by atoms with van der Waals surface area (Å²) >= 11 is 1.38. The van der Waals surface area contributed by atoms with E-state index in [1.54, 1.807) is 0 Å². The highest BCUT2D eigenvalue weighted by Gasteiger charge is 2.16. The summed E-state index contributed by atoms with van der Waals surface area (Å²) in [7, 11) is 1.40. The molecule has 5 heteroatoms. The molecule has 1 fully saturated rings. The number of carbonyl (C=O) groups excluding carboxylic acids is 1. The molecule has 0 radical (unpaired) electrons. The predicted octanol–water partition coefficient (Wildman–Crippen LogP) is 3.62. The fraction of sp³-hybridized carbons (Fsp3) is 0.714. The fourth-order valence-corrected chi connectivity index (χ4v) is 3.55. The van der Waals surface area contributed by atoms with Gasteiger partial charge in [-0.2, -0.15) is 0 Å². The van der Waals surface area contributed by atoms with Crippen LogP contribution in [0.25, 0.3) is 0 Å². The van der Waals surface area contributed by atoms with Crippen LogP contribution in [0.4, 0.5) is 5.13 Å². The van der Waals surface area contributed by atoms with Gasteiger partial charge in [-0.15, -0.1) is 0 Å². The number of nitrogens with one attached hydrogen (secondary N) is 1. The fourth-order valence-electron chi connectivity index (χ4n) is 2.64. The number of hydrogen-bond acceptors (Lipinski definition) is 5. The maximum atomic E-state index is 11.5. The topological polar surface area (TPSA) is 51.2 Å². The molecule has 0 aliphatic heterocycles. The molecule has 0 spiro atoms. The summed E-state index contributed by atoms with van der Waals surface area (Å²) in [6.07, 6.45) is 8.11. The monoisotopic (exact) mass is 282 g/mol. The lowest BCUT2D eigenvalue weighted by Crippen LogP contribution is -2.03. The average Bonchev–Trinajstić information content (AvgIpc) is 3.03. The molecule has 1 N–H and O–H groups in total. The second-order valence-corrected chi connectivity index (χ2v) is 6.14. The number of aromatic nitrogens is 1. The van der Waals surface area contributed by atoms with Crippen molar-refractivity contribution in [1.29, 1.82) is 0 Å². The molecule has 1 heterocycles. The van der Waals surface area contributed by atoms with Crippen LogP contribution in [0.15, 0.2) is 0 Å². The zero-order valence-electron chi connectivity index (χ0n) is 11.7. The van der Waals surface area contributed by atoms with E-state index in [1.165, 1.54) is 57.0 Å². The number of thiazole rings is 1. The SMILES string of the molecule is COC(=O)c1sc(NCCCC2CCCC2)nc1C. The van der Waals surface area contributed by atoms with Gasteiger partial charge in [0.2, 0.25) is 0 Å². The van der Waals surface area contributed by atoms with E-state index < -0.39 is 0 Å². The molecule has 1 aromatic heterocycles. The van der Waals surface area contributed by atoms with Crippen LogP contribution < -0.4 is 5.32 Å². The second-order valence-electron chi connectivity index (χ2n) is 5.14. The van der Waals surface area contributed by atoms with Gasteiger partial charge >= 0.3 is 5.97 Å². The number of ether oxygens (including phenoxy) is 1. The molecule has 0 bridgehead atoms. The van der Waals surface area contributed by atoms with E-state index in [0.29, 0.717) is 4.88 Å². The summed E-state index contributed by atoms with van der Waals surface area (Å²) in [5, 5.41) is 4.13. The minimum Gasteiger partial charge on any atom is -0.465 e. The molecule has 0 atom stereocenters. The van der Waals surface area contributed by atoms with E-state index in [-0.39, 0.29) is 5.97 Å². The van der Waals surface area contributed by atoms with E-state index in [1.807, 2.05) is 6.92 Å². The van der Waals surface area contributed by atoms with Crippen molar-refractivity contribution in [3.8, 4) is 0 Å². The largest absolute Gasteiger partial charge is 0.465 e. The van der Waals surface area contributed by atoms with Gasteiger partial charge in [-0.1, -0.05) is 37.0 Å². The third kappa shape index (κ3) is 3.93. The third-order valence-electron chi connectivity index (χ3n) is 3.71. The molecule has 4 nitrogen and oxygen atoms in total. The van der Waals surface area contributed by atoms with Crippen molar-refractivity contribution in [2.24, 2.45) is 5.92 Å². The van der Waals surface area contributed by atoms with Gasteiger partial charge in [-0.05, 0) is 25.7 Å². The zero-order chi connectivity index (χ0) is 13.7. The Labute approximate surface area is 118 Å². The highest BCUT2D eigenvalue weighted by molar-refractivity contribution is 7.17. The van der Waals surface area contributed by atoms with Gasteiger partial charge in [-0.3, -0.25) is 0 Å². The van der Waals surface area contributed by atoms with Gasteiger partial charge in [0.1, 0.15) is 4.88 Å². The number of anilines is 1. The highest BCUT2D eigenvalue weighted by Crippen LogP contribution is 2.28. The highest BCUT2D eigenvalue weighted by atomic mass is 32.1. The van der Waals surface area contributed by atoms with Gasteiger partial charge in [0.05, 0.1) is 12.8 Å². The van der Waals surface area contributed by atoms with Crippen molar-refractivity contribution in [2.45, 2.75) is 45.4 Å². The number of rotatable bonds is 6. The van der Waals surface area contributed by atoms with Crippen LogP contribution in [0.5, 0.6) is 0 Å². The van der Waals surface area contributed by atoms with Crippen molar-refractivity contribution in [3.05, 3.63) is 10.6 Å². The molecule has 2 rings (SSSR count). The Kier molecular flexibility index (Phi) is 5.19. The predicted molar refractivity (Wildman–Crippen MR) is 77.9 cm³/mol. The lowest BCUT2D eigenvalue weighted by molar-refractivity contribution is 0.0605. The molecule has 19 heavy (non-hydrogen) atoms. The number of methoxy groups -OCH3 is 1. The van der Waals surface area contributed by atoms with Gasteiger partial charge in [0.15, 0.2) is 5.13 Å². The summed E-state index contributed by atoms with van der Waals surface area (Å²) in [6, 6.07) is 0. The first kappa shape index (κ1) is 14.3. The average molecular weight is 282 g/mol. The summed E-state index contributed by atoms with van der Waals surface area (Å²) < 4.78 is 4.73. The maximum Gasteiger partial charge on any atom is 0.350 e. The minimum atomic E-state index is -0.297. The number of hydrogen-bond donors (Lipinski definition) is 1. The Hall–Kier alpha value is -1.10. The molecule has 0 unspecified atom stereocenters. The summed E-state index contributed by atoms with van der Waals surface area (Å²) in [4.78, 5) is 16.4. The quantitative estimate of drug-likeness (QED) is 0.639. The first-order valence-electron chi connectivity index (χ1n) is 7.00. The Balaban J connectivity index is 1.75. The van der Waals surface area contributed by atoms with Crippen LogP contribution in [-0.2, 0) is 4.74 Å². The Morgan fingerprint density at radius 3 is 2.89 bits per heavy atom. The number of carbonyl (C=O) groups is 1. The van der Waals surface area contributed by atoms with Crippen LogP contribution in [0.3, 0.4) is 0 Å². The van der Waals surface area contributed by atoms with E-state index in [2.05, 4.69) is 10.3 Å². The number of aryl methyl sites for hydroxylation is 1. The van der Waals surface area contributed by atoms with E-state index in [0.717, 1.165) is 23.3 Å². The van der Waals surface area contributed by atoms with E-state index in [9.17, 15) is 4.79 Å². The minimum absolute atomic E-state index is 0.297.